The van der Waals surface area contributed by atoms with Gasteiger partial charge in [0.2, 0.25) is 5.91 Å². The molecule has 274 valence electrons. The van der Waals surface area contributed by atoms with Crippen LogP contribution in [0.5, 0.6) is 0 Å². The number of rotatable bonds is 14. The van der Waals surface area contributed by atoms with Gasteiger partial charge in [0, 0.05) is 46.7 Å². The predicted molar refractivity (Wildman–Crippen MR) is 203 cm³/mol. The highest BCUT2D eigenvalue weighted by molar-refractivity contribution is 6.06. The lowest BCUT2D eigenvalue weighted by Crippen LogP contribution is -2.48. The molecule has 13 heteroatoms. The molecule has 0 bridgehead atoms. The molecule has 1 amide bonds. The number of carbonyl (C=O) groups is 1. The van der Waals surface area contributed by atoms with Gasteiger partial charge in [-0.15, -0.1) is 0 Å². The van der Waals surface area contributed by atoms with E-state index in [1.54, 1.807) is 7.11 Å². The normalized spacial score (nSPS) is 17.0. The Morgan fingerprint density at radius 3 is 2.65 bits per heavy atom. The molecule has 1 aliphatic rings. The van der Waals surface area contributed by atoms with Gasteiger partial charge in [-0.2, -0.15) is 11.0 Å². The molecular weight excluding hydrogens is 656 g/mol. The Kier molecular flexibility index (Phi) is 10.5. The predicted octanol–water partition coefficient (Wildman–Crippen LogP) is 6.26. The summed E-state index contributed by atoms with van der Waals surface area (Å²) in [5, 5.41) is 12.7. The zero-order valence-electron chi connectivity index (χ0n) is 30.6. The lowest BCUT2D eigenvalue weighted by atomic mass is 9.89. The summed E-state index contributed by atoms with van der Waals surface area (Å²) in [6.45, 7) is 9.47. The third kappa shape index (κ3) is 6.86. The summed E-state index contributed by atoms with van der Waals surface area (Å²) in [5.41, 5.74) is 17.5. The number of aromatic nitrogens is 6. The number of carbonyl (C=O) groups excluding carboxylic acids is 1. The first-order chi connectivity index (χ1) is 25.2. The molecule has 7 N–H and O–H groups in total. The number of nitrogens with zero attached hydrogens (tertiary/aromatic N) is 5. The molecule has 52 heavy (non-hydrogen) atoms. The van der Waals surface area contributed by atoms with Gasteiger partial charge < -0.3 is 30.6 Å². The second-order valence-corrected chi connectivity index (χ2v) is 14.8. The second kappa shape index (κ2) is 15.2. The van der Waals surface area contributed by atoms with Crippen molar-refractivity contribution in [1.29, 1.82) is 0 Å². The number of nitrogens with two attached hydrogens (primary N) is 1. The van der Waals surface area contributed by atoms with E-state index in [1.165, 1.54) is 0 Å². The van der Waals surface area contributed by atoms with Gasteiger partial charge in [-0.3, -0.25) is 9.78 Å². The van der Waals surface area contributed by atoms with Gasteiger partial charge in [-0.25, -0.2) is 15.0 Å². The van der Waals surface area contributed by atoms with Crippen LogP contribution >= 0.6 is 0 Å². The van der Waals surface area contributed by atoms with Crippen LogP contribution in [0.3, 0.4) is 0 Å². The molecule has 13 nitrogen and oxygen atoms in total. The van der Waals surface area contributed by atoms with E-state index in [4.69, 9.17) is 30.5 Å². The van der Waals surface area contributed by atoms with Gasteiger partial charge in [0.05, 0.1) is 41.4 Å². The summed E-state index contributed by atoms with van der Waals surface area (Å²) in [6, 6.07) is 11.9. The Hall–Kier alpha value is -4.53. The number of nitrogens with one attached hydrogen (secondary N) is 4. The van der Waals surface area contributed by atoms with E-state index >= 15 is 0 Å². The number of fused-ring (bicyclic) bond motifs is 6. The number of pyridine rings is 2. The molecule has 7 rings (SSSR count). The molecule has 0 saturated carbocycles. The van der Waals surface area contributed by atoms with Crippen LogP contribution in [0.4, 0.5) is 0 Å². The van der Waals surface area contributed by atoms with Crippen molar-refractivity contribution in [2.24, 2.45) is 17.6 Å². The molecule has 1 fully saturated rings. The minimum Gasteiger partial charge on any atom is -0.360 e. The largest absolute Gasteiger partial charge is 0.360 e. The Balaban J connectivity index is 1.17. The summed E-state index contributed by atoms with van der Waals surface area (Å²) in [5.74, 6) is 1.97. The van der Waals surface area contributed by atoms with E-state index in [0.717, 1.165) is 98.8 Å². The molecular formula is C39H50N10O3. The second-order valence-electron chi connectivity index (χ2n) is 14.8. The average molecular weight is 707 g/mol. The minimum atomic E-state index is -0.663. The molecule has 0 spiro atoms. The number of amides is 1. The number of H-pyrrole nitrogens is 2. The first-order valence-corrected chi connectivity index (χ1v) is 18.5. The fraction of sp³-hybridized carbons (Fsp3) is 0.462. The van der Waals surface area contributed by atoms with Crippen LogP contribution in [-0.2, 0) is 9.63 Å². The maximum absolute atomic E-state index is 13.3. The lowest BCUT2D eigenvalue weighted by Gasteiger charge is -2.28. The zero-order chi connectivity index (χ0) is 36.5. The third-order valence-electron chi connectivity index (χ3n) is 10.7. The summed E-state index contributed by atoms with van der Waals surface area (Å²) in [4.78, 5) is 47.3. The summed E-state index contributed by atoms with van der Waals surface area (Å²) in [6.07, 6.45) is 8.19. The number of aromatic amines is 2. The maximum Gasteiger partial charge on any atom is 0.242 e. The molecule has 0 radical (unpaired) electrons. The van der Waals surface area contributed by atoms with Crippen LogP contribution in [0.25, 0.3) is 55.0 Å². The van der Waals surface area contributed by atoms with Crippen molar-refractivity contribution in [3.8, 4) is 11.3 Å². The molecule has 2 aromatic carbocycles. The highest BCUT2D eigenvalue weighted by Crippen LogP contribution is 2.36. The van der Waals surface area contributed by atoms with E-state index in [0.29, 0.717) is 19.0 Å². The van der Waals surface area contributed by atoms with Gasteiger partial charge in [-0.05, 0) is 80.1 Å². The number of hydroxylamine groups is 2. The van der Waals surface area contributed by atoms with Gasteiger partial charge in [0.1, 0.15) is 23.2 Å². The molecule has 1 unspecified atom stereocenters. The van der Waals surface area contributed by atoms with Crippen LogP contribution < -0.4 is 16.7 Å². The van der Waals surface area contributed by atoms with Crippen LogP contribution in [0.1, 0.15) is 83.4 Å². The number of hydrogen-bond acceptors (Lipinski definition) is 10. The Morgan fingerprint density at radius 1 is 1.06 bits per heavy atom. The zero-order valence-corrected chi connectivity index (χ0v) is 30.6. The minimum absolute atomic E-state index is 0.0502. The van der Waals surface area contributed by atoms with E-state index in [2.05, 4.69) is 71.2 Å². The van der Waals surface area contributed by atoms with Crippen LogP contribution in [0.15, 0.2) is 48.8 Å². The quantitative estimate of drug-likeness (QED) is 0.0708. The van der Waals surface area contributed by atoms with Crippen molar-refractivity contribution in [3.63, 3.8) is 0 Å². The van der Waals surface area contributed by atoms with E-state index < -0.39 is 6.04 Å². The number of benzene rings is 2. The monoisotopic (exact) mass is 706 g/mol. The van der Waals surface area contributed by atoms with Gasteiger partial charge in [0.15, 0.2) is 0 Å². The smallest absolute Gasteiger partial charge is 0.242 e. The van der Waals surface area contributed by atoms with E-state index in [1.807, 2.05) is 31.1 Å². The van der Waals surface area contributed by atoms with Crippen LogP contribution in [0, 0.1) is 11.8 Å². The molecule has 0 aliphatic carbocycles. The summed E-state index contributed by atoms with van der Waals surface area (Å²) >= 11 is 0. The topological polar surface area (TPSA) is 183 Å². The van der Waals surface area contributed by atoms with Crippen molar-refractivity contribution in [1.82, 2.24) is 45.8 Å². The summed E-state index contributed by atoms with van der Waals surface area (Å²) < 4.78 is 0. The molecule has 1 aliphatic heterocycles. The van der Waals surface area contributed by atoms with Gasteiger partial charge >= 0.3 is 0 Å². The fourth-order valence-corrected chi connectivity index (χ4v) is 7.67. The third-order valence-corrected chi connectivity index (χ3v) is 10.7. The van der Waals surface area contributed by atoms with Crippen LogP contribution in [0.2, 0.25) is 0 Å². The average Bonchev–Trinajstić information content (AvgIpc) is 3.91. The first-order valence-electron chi connectivity index (χ1n) is 18.5. The van der Waals surface area contributed by atoms with Crippen molar-refractivity contribution in [3.05, 3.63) is 60.4 Å². The fourth-order valence-electron chi connectivity index (χ4n) is 7.67. The Labute approximate surface area is 303 Å². The van der Waals surface area contributed by atoms with Crippen molar-refractivity contribution >= 4 is 49.6 Å². The van der Waals surface area contributed by atoms with Gasteiger partial charge in [-0.1, -0.05) is 39.8 Å². The summed E-state index contributed by atoms with van der Waals surface area (Å²) in [7, 11) is 1.66. The van der Waals surface area contributed by atoms with Gasteiger partial charge in [0.25, 0.3) is 0 Å². The van der Waals surface area contributed by atoms with Crippen molar-refractivity contribution < 1.29 is 14.8 Å². The van der Waals surface area contributed by atoms with E-state index in [9.17, 15) is 10.0 Å². The SMILES string of the molecule is CON[C@H](CC(CCCN)c1nc2ccc3cc(-c4ccc5c(c4)ncc4[nH]c([C@@H]6CCCN6C(=O)[C@@H](NO)C(C)C)nc45)[nH]cc3c2n1)C(C)C. The van der Waals surface area contributed by atoms with Crippen molar-refractivity contribution in [2.45, 2.75) is 83.8 Å². The number of imidazole rings is 2. The molecule has 4 atom stereocenters. The maximum atomic E-state index is 13.3. The molecule has 6 aromatic rings. The molecule has 5 heterocycles. The lowest BCUT2D eigenvalue weighted by molar-refractivity contribution is -0.138. The first kappa shape index (κ1) is 35.9. The number of hydrogen-bond donors (Lipinski definition) is 6. The Morgan fingerprint density at radius 2 is 1.90 bits per heavy atom. The standard InChI is InChI=1S/C39H50N10O3/c1-21(2)29(48-52-5)18-25(8-6-14-40)37-43-28-13-11-23-16-30(41-19-27(23)36(28)45-37)24-10-12-26-31(17-24)42-20-32-35(26)46-38(44-32)33-9-7-15-49(33)39(50)34(47-51)22(3)4/h10-13,16-17,19-22,25,29,33-34,41,47-48,51H,6-9,14-15,18,40H2,1-5H3,(H,44,46)/t25?,29-,33+,34+/m1/s1. The molecule has 1 saturated heterocycles. The molecule has 4 aromatic heterocycles. The highest BCUT2D eigenvalue weighted by atomic mass is 16.6. The number of likely N-dealkylation sites (tertiary alicyclic amines) is 1. The van der Waals surface area contributed by atoms with Crippen LogP contribution in [-0.4, -0.2) is 78.2 Å². The van der Waals surface area contributed by atoms with Crippen molar-refractivity contribution in [2.75, 3.05) is 20.2 Å². The van der Waals surface area contributed by atoms with E-state index in [-0.39, 0.29) is 29.8 Å². The Bertz CT molecular complexity index is 2190. The highest BCUT2D eigenvalue weighted by Gasteiger charge is 2.36.